The minimum absolute atomic E-state index is 0.106. The molecule has 16 heavy (non-hydrogen) atoms. The van der Waals surface area contributed by atoms with Gasteiger partial charge in [-0.2, -0.15) is 0 Å². The summed E-state index contributed by atoms with van der Waals surface area (Å²) in [7, 11) is 0. The maximum atomic E-state index is 10.6. The molecule has 2 unspecified atom stereocenters. The highest BCUT2D eigenvalue weighted by molar-refractivity contribution is 5.34. The third-order valence-electron chi connectivity index (χ3n) is 3.21. The van der Waals surface area contributed by atoms with E-state index in [0.717, 1.165) is 5.56 Å². The smallest absolute Gasteiger partial charge is 0.221 e. The molecule has 1 fully saturated rings. The van der Waals surface area contributed by atoms with Crippen LogP contribution in [-0.2, 0) is 5.41 Å². The van der Waals surface area contributed by atoms with E-state index in [0.29, 0.717) is 6.42 Å². The molecule has 2 atom stereocenters. The van der Waals surface area contributed by atoms with E-state index in [4.69, 9.17) is 0 Å². The fourth-order valence-corrected chi connectivity index (χ4v) is 2.01. The van der Waals surface area contributed by atoms with E-state index in [1.807, 2.05) is 12.1 Å². The van der Waals surface area contributed by atoms with Crippen LogP contribution in [0.2, 0.25) is 0 Å². The van der Waals surface area contributed by atoms with Crippen LogP contribution in [0.25, 0.3) is 0 Å². The molecule has 0 radical (unpaired) electrons. The lowest BCUT2D eigenvalue weighted by atomic mass is 9.86. The van der Waals surface area contributed by atoms with E-state index in [-0.39, 0.29) is 22.3 Å². The molecule has 0 heterocycles. The van der Waals surface area contributed by atoms with Crippen LogP contribution < -0.4 is 0 Å². The molecule has 1 saturated carbocycles. The molecule has 1 aromatic carbocycles. The fourth-order valence-electron chi connectivity index (χ4n) is 2.01. The molecule has 0 aromatic heterocycles. The Morgan fingerprint density at radius 1 is 1.38 bits per heavy atom. The summed E-state index contributed by atoms with van der Waals surface area (Å²) >= 11 is 0. The van der Waals surface area contributed by atoms with E-state index >= 15 is 0 Å². The molecule has 1 aromatic rings. The third kappa shape index (κ3) is 2.08. The zero-order valence-electron chi connectivity index (χ0n) is 9.93. The molecule has 2 rings (SSSR count). The van der Waals surface area contributed by atoms with Crippen molar-refractivity contribution in [3.63, 3.8) is 0 Å². The van der Waals surface area contributed by atoms with Crippen LogP contribution in [0.1, 0.15) is 44.2 Å². The van der Waals surface area contributed by atoms with Crippen molar-refractivity contribution in [2.45, 2.75) is 44.6 Å². The Morgan fingerprint density at radius 3 is 2.56 bits per heavy atom. The number of hydrogen-bond acceptors (Lipinski definition) is 2. The zero-order valence-corrected chi connectivity index (χ0v) is 9.93. The maximum absolute atomic E-state index is 10.6. The predicted molar refractivity (Wildman–Crippen MR) is 63.3 cm³/mol. The van der Waals surface area contributed by atoms with E-state index in [1.165, 1.54) is 5.56 Å². The van der Waals surface area contributed by atoms with Gasteiger partial charge in [0.1, 0.15) is 0 Å². The Kier molecular flexibility index (Phi) is 2.49. The number of rotatable bonds is 2. The summed E-state index contributed by atoms with van der Waals surface area (Å²) in [4.78, 5) is 10.5. The highest BCUT2D eigenvalue weighted by Crippen LogP contribution is 2.43. The molecule has 1 aliphatic carbocycles. The summed E-state index contributed by atoms with van der Waals surface area (Å²) in [5.41, 5.74) is 2.47. The van der Waals surface area contributed by atoms with Gasteiger partial charge in [-0.15, -0.1) is 0 Å². The van der Waals surface area contributed by atoms with E-state index in [2.05, 4.69) is 32.9 Å². The largest absolute Gasteiger partial charge is 0.264 e. The van der Waals surface area contributed by atoms with Gasteiger partial charge in [0.15, 0.2) is 0 Å². The van der Waals surface area contributed by atoms with Crippen molar-refractivity contribution in [3.8, 4) is 0 Å². The molecular formula is C13H17NO2. The molecule has 0 amide bonds. The number of hydrogen-bond donors (Lipinski definition) is 0. The van der Waals surface area contributed by atoms with Crippen molar-refractivity contribution in [1.29, 1.82) is 0 Å². The standard InChI is InChI=1S/C13H17NO2/c1-13(2,3)10-6-4-5-9(7-10)11-8-12(11)14(15)16/h4-7,11-12H,8H2,1-3H3. The Morgan fingerprint density at radius 2 is 2.06 bits per heavy atom. The van der Waals surface area contributed by atoms with Crippen LogP contribution in [0, 0.1) is 10.1 Å². The summed E-state index contributed by atoms with van der Waals surface area (Å²) in [5, 5.41) is 10.6. The molecule has 0 N–H and O–H groups in total. The van der Waals surface area contributed by atoms with Crippen LogP contribution in [0.5, 0.6) is 0 Å². The predicted octanol–water partition coefficient (Wildman–Crippen LogP) is 3.12. The Balaban J connectivity index is 2.22. The highest BCUT2D eigenvalue weighted by Gasteiger charge is 2.49. The average Bonchev–Trinajstić information content (AvgIpc) is 2.96. The summed E-state index contributed by atoms with van der Waals surface area (Å²) in [5.74, 6) is 0.136. The van der Waals surface area contributed by atoms with Gasteiger partial charge in [0.25, 0.3) is 0 Å². The van der Waals surface area contributed by atoms with Crippen molar-refractivity contribution in [2.24, 2.45) is 0 Å². The topological polar surface area (TPSA) is 43.1 Å². The Bertz CT molecular complexity index is 420. The van der Waals surface area contributed by atoms with Gasteiger partial charge in [0.05, 0.1) is 5.92 Å². The van der Waals surface area contributed by atoms with E-state index in [9.17, 15) is 10.1 Å². The molecule has 3 nitrogen and oxygen atoms in total. The summed E-state index contributed by atoms with van der Waals surface area (Å²) < 4.78 is 0. The van der Waals surface area contributed by atoms with Gasteiger partial charge in [-0.25, -0.2) is 0 Å². The molecular weight excluding hydrogens is 202 g/mol. The molecule has 0 aliphatic heterocycles. The first kappa shape index (κ1) is 11.1. The average molecular weight is 219 g/mol. The maximum Gasteiger partial charge on any atom is 0.221 e. The van der Waals surface area contributed by atoms with Crippen LogP contribution in [-0.4, -0.2) is 11.0 Å². The number of nitrogens with zero attached hydrogens (tertiary/aromatic N) is 1. The molecule has 1 aliphatic rings. The van der Waals surface area contributed by atoms with E-state index < -0.39 is 0 Å². The minimum atomic E-state index is -0.352. The summed E-state index contributed by atoms with van der Waals surface area (Å²) in [6.07, 6.45) is 0.695. The second-order valence-electron chi connectivity index (χ2n) is 5.57. The lowest BCUT2D eigenvalue weighted by molar-refractivity contribution is -0.496. The summed E-state index contributed by atoms with van der Waals surface area (Å²) in [6.45, 7) is 6.47. The molecule has 3 heteroatoms. The Labute approximate surface area is 95.6 Å². The first-order valence-electron chi connectivity index (χ1n) is 5.63. The first-order chi connectivity index (χ1) is 7.39. The number of benzene rings is 1. The van der Waals surface area contributed by atoms with Crippen molar-refractivity contribution >= 4 is 0 Å². The van der Waals surface area contributed by atoms with Crippen LogP contribution in [0.15, 0.2) is 24.3 Å². The SMILES string of the molecule is CC(C)(C)c1cccc(C2CC2[N+](=O)[O-])c1. The molecule has 86 valence electrons. The molecule has 0 saturated heterocycles. The van der Waals surface area contributed by atoms with Gasteiger partial charge in [0, 0.05) is 11.3 Å². The van der Waals surface area contributed by atoms with Crippen molar-refractivity contribution < 1.29 is 4.92 Å². The zero-order chi connectivity index (χ0) is 11.9. The van der Waals surface area contributed by atoms with Crippen LogP contribution in [0.4, 0.5) is 0 Å². The van der Waals surface area contributed by atoms with Gasteiger partial charge < -0.3 is 0 Å². The molecule has 0 spiro atoms. The monoisotopic (exact) mass is 219 g/mol. The van der Waals surface area contributed by atoms with Crippen LogP contribution in [0.3, 0.4) is 0 Å². The van der Waals surface area contributed by atoms with Gasteiger partial charge >= 0.3 is 0 Å². The second-order valence-corrected chi connectivity index (χ2v) is 5.57. The van der Waals surface area contributed by atoms with Gasteiger partial charge in [-0.1, -0.05) is 45.0 Å². The summed E-state index contributed by atoms with van der Waals surface area (Å²) in [6, 6.07) is 7.87. The second kappa shape index (κ2) is 3.58. The lowest BCUT2D eigenvalue weighted by Gasteiger charge is -2.19. The van der Waals surface area contributed by atoms with Gasteiger partial charge in [-0.3, -0.25) is 10.1 Å². The minimum Gasteiger partial charge on any atom is -0.264 e. The normalized spacial score (nSPS) is 24.2. The van der Waals surface area contributed by atoms with Crippen molar-refractivity contribution in [2.75, 3.05) is 0 Å². The van der Waals surface area contributed by atoms with Crippen molar-refractivity contribution in [3.05, 3.63) is 45.5 Å². The fraction of sp³-hybridized carbons (Fsp3) is 0.538. The van der Waals surface area contributed by atoms with Gasteiger partial charge in [-0.05, 0) is 16.5 Å². The number of nitro groups is 1. The van der Waals surface area contributed by atoms with E-state index in [1.54, 1.807) is 0 Å². The van der Waals surface area contributed by atoms with Crippen molar-refractivity contribution in [1.82, 2.24) is 0 Å². The Hall–Kier alpha value is -1.38. The lowest BCUT2D eigenvalue weighted by Crippen LogP contribution is -2.11. The highest BCUT2D eigenvalue weighted by atomic mass is 16.6. The third-order valence-corrected chi connectivity index (χ3v) is 3.21. The molecule has 0 bridgehead atoms. The van der Waals surface area contributed by atoms with Crippen LogP contribution >= 0.6 is 0 Å². The van der Waals surface area contributed by atoms with Gasteiger partial charge in [0.2, 0.25) is 6.04 Å². The first-order valence-corrected chi connectivity index (χ1v) is 5.63. The quantitative estimate of drug-likeness (QED) is 0.566.